The predicted molar refractivity (Wildman–Crippen MR) is 96.1 cm³/mol. The number of para-hydroxylation sites is 1. The van der Waals surface area contributed by atoms with Crippen LogP contribution in [0.2, 0.25) is 5.02 Å². The number of halogens is 1. The second-order valence-electron chi connectivity index (χ2n) is 5.45. The molecule has 9 heteroatoms. The number of hydrogen-bond donors (Lipinski definition) is 1. The zero-order valence-electron chi connectivity index (χ0n) is 13.6. The van der Waals surface area contributed by atoms with Gasteiger partial charge in [0.25, 0.3) is 0 Å². The summed E-state index contributed by atoms with van der Waals surface area (Å²) in [6, 6.07) is 16.9. The molecule has 0 atom stereocenters. The molecule has 4 rings (SSSR count). The maximum absolute atomic E-state index is 5.89. The molecule has 26 heavy (non-hydrogen) atoms. The molecule has 0 amide bonds. The van der Waals surface area contributed by atoms with Crippen LogP contribution in [0.15, 0.2) is 59.1 Å². The highest BCUT2D eigenvalue weighted by Crippen LogP contribution is 2.18. The number of benzene rings is 2. The number of nitrogens with zero attached hydrogens (tertiary/aromatic N) is 6. The SMILES string of the molecule is Clc1ccc(-c2noc(CCNc3nnnn3-c3ccccc3)n2)cc1. The van der Waals surface area contributed by atoms with E-state index in [1.54, 1.807) is 16.8 Å². The zero-order valence-corrected chi connectivity index (χ0v) is 14.3. The Morgan fingerprint density at radius 2 is 1.85 bits per heavy atom. The van der Waals surface area contributed by atoms with Crippen LogP contribution in [-0.4, -0.2) is 36.9 Å². The Bertz CT molecular complexity index is 982. The lowest BCUT2D eigenvalue weighted by Gasteiger charge is -2.05. The van der Waals surface area contributed by atoms with Crippen LogP contribution < -0.4 is 5.32 Å². The first kappa shape index (κ1) is 16.2. The normalized spacial score (nSPS) is 10.8. The average molecular weight is 368 g/mol. The third-order valence-corrected chi connectivity index (χ3v) is 3.91. The molecule has 0 radical (unpaired) electrons. The Hall–Kier alpha value is -3.26. The molecule has 0 fully saturated rings. The quantitative estimate of drug-likeness (QED) is 0.559. The average Bonchev–Trinajstić information content (AvgIpc) is 3.33. The molecular formula is C17H14ClN7O. The summed E-state index contributed by atoms with van der Waals surface area (Å²) in [5.74, 6) is 1.61. The summed E-state index contributed by atoms with van der Waals surface area (Å²) in [4.78, 5) is 4.39. The molecule has 1 N–H and O–H groups in total. The molecular weight excluding hydrogens is 354 g/mol. The van der Waals surface area contributed by atoms with Crippen molar-refractivity contribution in [1.82, 2.24) is 30.3 Å². The van der Waals surface area contributed by atoms with E-state index in [2.05, 4.69) is 31.0 Å². The van der Waals surface area contributed by atoms with Gasteiger partial charge in [-0.05, 0) is 46.8 Å². The number of rotatable bonds is 6. The Balaban J connectivity index is 1.39. The van der Waals surface area contributed by atoms with E-state index in [-0.39, 0.29) is 0 Å². The van der Waals surface area contributed by atoms with Gasteiger partial charge in [-0.1, -0.05) is 40.1 Å². The summed E-state index contributed by atoms with van der Waals surface area (Å²) in [7, 11) is 0. The van der Waals surface area contributed by atoms with Crippen molar-refractivity contribution in [3.05, 3.63) is 65.5 Å². The fraction of sp³-hybridized carbons (Fsp3) is 0.118. The molecule has 130 valence electrons. The monoisotopic (exact) mass is 367 g/mol. The summed E-state index contributed by atoms with van der Waals surface area (Å²) < 4.78 is 6.92. The van der Waals surface area contributed by atoms with E-state index in [9.17, 15) is 0 Å². The Labute approximate surface area is 153 Å². The van der Waals surface area contributed by atoms with Crippen molar-refractivity contribution >= 4 is 17.5 Å². The summed E-state index contributed by atoms with van der Waals surface area (Å²) in [5, 5.41) is 19.5. The van der Waals surface area contributed by atoms with Gasteiger partial charge in [0.15, 0.2) is 0 Å². The van der Waals surface area contributed by atoms with E-state index >= 15 is 0 Å². The first-order valence-corrected chi connectivity index (χ1v) is 8.33. The Kier molecular flexibility index (Phi) is 4.57. The minimum atomic E-state index is 0.529. The minimum absolute atomic E-state index is 0.529. The lowest BCUT2D eigenvalue weighted by molar-refractivity contribution is 0.381. The van der Waals surface area contributed by atoms with Gasteiger partial charge in [0.2, 0.25) is 17.7 Å². The molecule has 0 saturated carbocycles. The fourth-order valence-electron chi connectivity index (χ4n) is 2.39. The van der Waals surface area contributed by atoms with Crippen molar-refractivity contribution in [1.29, 1.82) is 0 Å². The van der Waals surface area contributed by atoms with Crippen LogP contribution in [0.1, 0.15) is 5.89 Å². The van der Waals surface area contributed by atoms with Gasteiger partial charge in [0.05, 0.1) is 5.69 Å². The van der Waals surface area contributed by atoms with Crippen molar-refractivity contribution in [2.75, 3.05) is 11.9 Å². The van der Waals surface area contributed by atoms with E-state index in [0.717, 1.165) is 11.3 Å². The summed E-state index contributed by atoms with van der Waals surface area (Å²) in [5.41, 5.74) is 1.73. The third-order valence-electron chi connectivity index (χ3n) is 3.66. The number of hydrogen-bond acceptors (Lipinski definition) is 7. The molecule has 2 heterocycles. The highest BCUT2D eigenvalue weighted by atomic mass is 35.5. The first-order chi connectivity index (χ1) is 12.8. The molecule has 4 aromatic rings. The minimum Gasteiger partial charge on any atom is -0.352 e. The fourth-order valence-corrected chi connectivity index (χ4v) is 2.52. The number of nitrogens with one attached hydrogen (secondary N) is 1. The van der Waals surface area contributed by atoms with Crippen molar-refractivity contribution in [3.8, 4) is 17.1 Å². The second-order valence-corrected chi connectivity index (χ2v) is 5.88. The van der Waals surface area contributed by atoms with Crippen LogP contribution in [0, 0.1) is 0 Å². The number of anilines is 1. The van der Waals surface area contributed by atoms with Gasteiger partial charge in [-0.3, -0.25) is 0 Å². The zero-order chi connectivity index (χ0) is 17.8. The molecule has 0 bridgehead atoms. The van der Waals surface area contributed by atoms with E-state index < -0.39 is 0 Å². The smallest absolute Gasteiger partial charge is 0.247 e. The van der Waals surface area contributed by atoms with Crippen LogP contribution >= 0.6 is 11.6 Å². The standard InChI is InChI=1S/C17H14ClN7O/c18-13-8-6-12(7-9-13)16-20-15(26-22-16)10-11-19-17-21-23-24-25(17)14-4-2-1-3-5-14/h1-9H,10-11H2,(H,19,21,24). The third kappa shape index (κ3) is 3.55. The number of aromatic nitrogens is 6. The maximum Gasteiger partial charge on any atom is 0.247 e. The molecule has 0 spiro atoms. The Morgan fingerprint density at radius 3 is 2.65 bits per heavy atom. The van der Waals surface area contributed by atoms with Crippen molar-refractivity contribution < 1.29 is 4.52 Å². The highest BCUT2D eigenvalue weighted by molar-refractivity contribution is 6.30. The van der Waals surface area contributed by atoms with E-state index in [1.165, 1.54) is 0 Å². The van der Waals surface area contributed by atoms with Crippen LogP contribution in [0.25, 0.3) is 17.1 Å². The van der Waals surface area contributed by atoms with E-state index in [1.807, 2.05) is 42.5 Å². The summed E-state index contributed by atoms with van der Waals surface area (Å²) in [6.45, 7) is 0.551. The van der Waals surface area contributed by atoms with Gasteiger partial charge in [-0.2, -0.15) is 9.67 Å². The van der Waals surface area contributed by atoms with Crippen LogP contribution in [0.4, 0.5) is 5.95 Å². The lowest BCUT2D eigenvalue weighted by Crippen LogP contribution is -2.10. The van der Waals surface area contributed by atoms with Gasteiger partial charge < -0.3 is 9.84 Å². The predicted octanol–water partition coefficient (Wildman–Crippen LogP) is 3.02. The largest absolute Gasteiger partial charge is 0.352 e. The van der Waals surface area contributed by atoms with Crippen molar-refractivity contribution in [2.45, 2.75) is 6.42 Å². The highest BCUT2D eigenvalue weighted by Gasteiger charge is 2.10. The van der Waals surface area contributed by atoms with E-state index in [0.29, 0.717) is 35.7 Å². The van der Waals surface area contributed by atoms with Crippen LogP contribution in [-0.2, 0) is 6.42 Å². The first-order valence-electron chi connectivity index (χ1n) is 7.96. The van der Waals surface area contributed by atoms with Gasteiger partial charge in [-0.25, -0.2) is 0 Å². The Morgan fingerprint density at radius 1 is 1.04 bits per heavy atom. The van der Waals surface area contributed by atoms with Gasteiger partial charge in [0.1, 0.15) is 0 Å². The second kappa shape index (κ2) is 7.32. The summed E-state index contributed by atoms with van der Waals surface area (Å²) >= 11 is 5.89. The number of tetrazole rings is 1. The maximum atomic E-state index is 5.89. The van der Waals surface area contributed by atoms with E-state index in [4.69, 9.17) is 16.1 Å². The van der Waals surface area contributed by atoms with Crippen LogP contribution in [0.5, 0.6) is 0 Å². The molecule has 2 aromatic carbocycles. The lowest BCUT2D eigenvalue weighted by atomic mass is 10.2. The summed E-state index contributed by atoms with van der Waals surface area (Å²) in [6.07, 6.45) is 0.544. The topological polar surface area (TPSA) is 94.5 Å². The van der Waals surface area contributed by atoms with Crippen molar-refractivity contribution in [3.63, 3.8) is 0 Å². The molecule has 0 saturated heterocycles. The van der Waals surface area contributed by atoms with Gasteiger partial charge >= 0.3 is 0 Å². The molecule has 0 aliphatic heterocycles. The molecule has 0 aliphatic rings. The molecule has 0 aliphatic carbocycles. The van der Waals surface area contributed by atoms with Crippen LogP contribution in [0.3, 0.4) is 0 Å². The molecule has 2 aromatic heterocycles. The molecule has 0 unspecified atom stereocenters. The van der Waals surface area contributed by atoms with Crippen molar-refractivity contribution in [2.24, 2.45) is 0 Å². The van der Waals surface area contributed by atoms with Gasteiger partial charge in [0, 0.05) is 23.6 Å². The molecule has 8 nitrogen and oxygen atoms in total. The van der Waals surface area contributed by atoms with Gasteiger partial charge in [-0.15, -0.1) is 0 Å².